The normalized spacial score (nSPS) is 10.7. The Balaban J connectivity index is 2.55. The van der Waals surface area contributed by atoms with Crippen LogP contribution in [0.15, 0.2) is 36.4 Å². The number of halogens is 1. The van der Waals surface area contributed by atoms with Gasteiger partial charge in [0, 0.05) is 30.9 Å². The number of nitrogens with one attached hydrogen (secondary N) is 1. The largest absolute Gasteiger partial charge is 0.395 e. The summed E-state index contributed by atoms with van der Waals surface area (Å²) in [4.78, 5) is 25.1. The minimum absolute atomic E-state index is 0.120. The molecule has 0 aliphatic carbocycles. The van der Waals surface area contributed by atoms with E-state index in [4.69, 9.17) is 5.11 Å². The molecular weight excluding hydrogens is 287 g/mol. The molecule has 0 atom stereocenters. The molecule has 5 nitrogen and oxygen atoms in total. The molecule has 1 aromatic rings. The Morgan fingerprint density at radius 1 is 1.23 bits per heavy atom. The summed E-state index contributed by atoms with van der Waals surface area (Å²) in [5.41, 5.74) is 0.446. The van der Waals surface area contributed by atoms with Crippen molar-refractivity contribution in [2.45, 2.75) is 19.8 Å². The lowest BCUT2D eigenvalue weighted by Gasteiger charge is -2.19. The number of anilines is 1. The van der Waals surface area contributed by atoms with E-state index >= 15 is 0 Å². The molecule has 0 bridgehead atoms. The number of amides is 2. The summed E-state index contributed by atoms with van der Waals surface area (Å²) in [7, 11) is 0. The minimum Gasteiger partial charge on any atom is -0.395 e. The number of benzene rings is 1. The van der Waals surface area contributed by atoms with Crippen molar-refractivity contribution < 1.29 is 19.1 Å². The van der Waals surface area contributed by atoms with Crippen molar-refractivity contribution in [3.8, 4) is 0 Å². The Morgan fingerprint density at radius 2 is 1.91 bits per heavy atom. The van der Waals surface area contributed by atoms with Crippen molar-refractivity contribution in [3.63, 3.8) is 0 Å². The minimum atomic E-state index is -0.473. The highest BCUT2D eigenvalue weighted by molar-refractivity contribution is 6.03. The molecule has 2 amide bonds. The third kappa shape index (κ3) is 6.49. The second-order valence-corrected chi connectivity index (χ2v) is 4.73. The number of aliphatic hydroxyl groups excluding tert-OH is 1. The summed E-state index contributed by atoms with van der Waals surface area (Å²) in [6.45, 7) is 2.67. The molecule has 0 aromatic heterocycles. The molecule has 6 heteroatoms. The van der Waals surface area contributed by atoms with E-state index in [1.165, 1.54) is 35.2 Å². The fourth-order valence-corrected chi connectivity index (χ4v) is 1.77. The Kier molecular flexibility index (Phi) is 7.85. The third-order valence-corrected chi connectivity index (χ3v) is 2.95. The van der Waals surface area contributed by atoms with Crippen molar-refractivity contribution >= 4 is 17.5 Å². The number of hydrogen-bond donors (Lipinski definition) is 2. The van der Waals surface area contributed by atoms with Gasteiger partial charge in [-0.1, -0.05) is 13.3 Å². The van der Waals surface area contributed by atoms with Gasteiger partial charge in [-0.2, -0.15) is 0 Å². The zero-order chi connectivity index (χ0) is 16.4. The quantitative estimate of drug-likeness (QED) is 0.721. The Bertz CT molecular complexity index is 515. The lowest BCUT2D eigenvalue weighted by Crippen LogP contribution is -2.33. The zero-order valence-electron chi connectivity index (χ0n) is 12.6. The van der Waals surface area contributed by atoms with Gasteiger partial charge in [-0.25, -0.2) is 4.39 Å². The molecule has 120 valence electrons. The maximum Gasteiger partial charge on any atom is 0.248 e. The van der Waals surface area contributed by atoms with Crippen molar-refractivity contribution in [2.24, 2.45) is 0 Å². The number of carbonyl (C=O) groups excluding carboxylic acids is 2. The highest BCUT2D eigenvalue weighted by atomic mass is 19.1. The summed E-state index contributed by atoms with van der Waals surface area (Å²) in [5.74, 6) is -1.18. The third-order valence-electron chi connectivity index (χ3n) is 2.95. The second kappa shape index (κ2) is 9.68. The van der Waals surface area contributed by atoms with Crippen molar-refractivity contribution in [2.75, 3.05) is 25.0 Å². The van der Waals surface area contributed by atoms with Crippen LogP contribution in [0.2, 0.25) is 0 Å². The van der Waals surface area contributed by atoms with Crippen LogP contribution in [0.4, 0.5) is 10.1 Å². The molecule has 0 aliphatic rings. The molecule has 22 heavy (non-hydrogen) atoms. The van der Waals surface area contributed by atoms with Gasteiger partial charge in [-0.05, 0) is 30.7 Å². The van der Waals surface area contributed by atoms with Crippen molar-refractivity contribution in [1.29, 1.82) is 0 Å². The van der Waals surface area contributed by atoms with Gasteiger partial charge in [0.05, 0.1) is 6.61 Å². The smallest absolute Gasteiger partial charge is 0.248 e. The molecule has 1 aromatic carbocycles. The van der Waals surface area contributed by atoms with Crippen LogP contribution in [0.3, 0.4) is 0 Å². The SMILES string of the molecule is CCCCN(CCO)C(=O)/C=C/C(=O)Nc1ccc(F)cc1. The summed E-state index contributed by atoms with van der Waals surface area (Å²) in [6.07, 6.45) is 4.07. The molecule has 0 radical (unpaired) electrons. The second-order valence-electron chi connectivity index (χ2n) is 4.73. The topological polar surface area (TPSA) is 69.6 Å². The first-order valence-electron chi connectivity index (χ1n) is 7.21. The van der Waals surface area contributed by atoms with Crippen molar-refractivity contribution in [3.05, 3.63) is 42.2 Å². The number of carbonyl (C=O) groups is 2. The van der Waals surface area contributed by atoms with Gasteiger partial charge in [0.25, 0.3) is 0 Å². The fraction of sp³-hybridized carbons (Fsp3) is 0.375. The van der Waals surface area contributed by atoms with E-state index < -0.39 is 5.91 Å². The first-order valence-corrected chi connectivity index (χ1v) is 7.21. The van der Waals surface area contributed by atoms with Crippen LogP contribution in [0, 0.1) is 5.82 Å². The number of unbranched alkanes of at least 4 members (excludes halogenated alkanes) is 1. The summed E-state index contributed by atoms with van der Waals surface area (Å²) < 4.78 is 12.7. The van der Waals surface area contributed by atoms with Crippen LogP contribution in [-0.2, 0) is 9.59 Å². The first-order chi connectivity index (χ1) is 10.6. The molecule has 0 heterocycles. The molecule has 0 aliphatic heterocycles. The monoisotopic (exact) mass is 308 g/mol. The Labute approximate surface area is 129 Å². The van der Waals surface area contributed by atoms with E-state index in [1.54, 1.807) is 0 Å². The Hall–Kier alpha value is -2.21. The molecule has 0 saturated carbocycles. The molecule has 0 unspecified atom stereocenters. The van der Waals surface area contributed by atoms with E-state index in [9.17, 15) is 14.0 Å². The predicted molar refractivity (Wildman–Crippen MR) is 82.7 cm³/mol. The highest BCUT2D eigenvalue weighted by Crippen LogP contribution is 2.08. The lowest BCUT2D eigenvalue weighted by atomic mass is 10.3. The molecular formula is C16H21FN2O3. The predicted octanol–water partition coefficient (Wildman–Crippen LogP) is 1.94. The maximum absolute atomic E-state index is 12.7. The van der Waals surface area contributed by atoms with Gasteiger partial charge < -0.3 is 15.3 Å². The average Bonchev–Trinajstić information content (AvgIpc) is 2.51. The van der Waals surface area contributed by atoms with Crippen LogP contribution in [0.5, 0.6) is 0 Å². The summed E-state index contributed by atoms with van der Waals surface area (Å²) in [6, 6.07) is 5.33. The van der Waals surface area contributed by atoms with E-state index in [2.05, 4.69) is 5.32 Å². The zero-order valence-corrected chi connectivity index (χ0v) is 12.6. The summed E-state index contributed by atoms with van der Waals surface area (Å²) >= 11 is 0. The van der Waals surface area contributed by atoms with Gasteiger partial charge >= 0.3 is 0 Å². The van der Waals surface area contributed by atoms with E-state index in [0.717, 1.165) is 18.9 Å². The van der Waals surface area contributed by atoms with Gasteiger partial charge in [0.15, 0.2) is 0 Å². The number of nitrogens with zero attached hydrogens (tertiary/aromatic N) is 1. The van der Waals surface area contributed by atoms with Crippen LogP contribution in [-0.4, -0.2) is 41.5 Å². The number of hydrogen-bond acceptors (Lipinski definition) is 3. The molecule has 1 rings (SSSR count). The van der Waals surface area contributed by atoms with Gasteiger partial charge in [0.1, 0.15) is 5.82 Å². The van der Waals surface area contributed by atoms with Crippen LogP contribution in [0.25, 0.3) is 0 Å². The molecule has 2 N–H and O–H groups in total. The van der Waals surface area contributed by atoms with Gasteiger partial charge in [-0.15, -0.1) is 0 Å². The van der Waals surface area contributed by atoms with Crippen molar-refractivity contribution in [1.82, 2.24) is 4.90 Å². The first kappa shape index (κ1) is 17.8. The van der Waals surface area contributed by atoms with E-state index in [1.807, 2.05) is 6.92 Å². The molecule has 0 saturated heterocycles. The Morgan fingerprint density at radius 3 is 2.50 bits per heavy atom. The fourth-order valence-electron chi connectivity index (χ4n) is 1.77. The standard InChI is InChI=1S/C16H21FN2O3/c1-2-3-10-19(11-12-20)16(22)9-8-15(21)18-14-6-4-13(17)5-7-14/h4-9,20H,2-3,10-12H2,1H3,(H,18,21)/b9-8+. The average molecular weight is 308 g/mol. The molecule has 0 fully saturated rings. The molecule has 0 spiro atoms. The lowest BCUT2D eigenvalue weighted by molar-refractivity contribution is -0.126. The van der Waals surface area contributed by atoms with Crippen LogP contribution in [0.1, 0.15) is 19.8 Å². The number of aliphatic hydroxyl groups is 1. The van der Waals surface area contributed by atoms with E-state index in [-0.39, 0.29) is 24.9 Å². The highest BCUT2D eigenvalue weighted by Gasteiger charge is 2.09. The van der Waals surface area contributed by atoms with Gasteiger partial charge in [0.2, 0.25) is 11.8 Å². The summed E-state index contributed by atoms with van der Waals surface area (Å²) in [5, 5.41) is 11.5. The van der Waals surface area contributed by atoms with Crippen LogP contribution < -0.4 is 5.32 Å². The van der Waals surface area contributed by atoms with Gasteiger partial charge in [-0.3, -0.25) is 9.59 Å². The van der Waals surface area contributed by atoms with E-state index in [0.29, 0.717) is 12.2 Å². The number of rotatable bonds is 8. The maximum atomic E-state index is 12.7. The van der Waals surface area contributed by atoms with Crippen LogP contribution >= 0.6 is 0 Å².